The van der Waals surface area contributed by atoms with Crippen LogP contribution in [0.25, 0.3) is 10.8 Å². The Labute approximate surface area is 204 Å². The number of fused-ring (bicyclic) bond motifs is 2. The monoisotopic (exact) mass is 468 g/mol. The quantitative estimate of drug-likeness (QED) is 0.397. The van der Waals surface area contributed by atoms with Crippen LogP contribution in [0.2, 0.25) is 0 Å². The maximum atomic E-state index is 13.5. The van der Waals surface area contributed by atoms with Crippen LogP contribution in [0, 0.1) is 5.92 Å². The lowest BCUT2D eigenvalue weighted by Gasteiger charge is -2.27. The number of ether oxygens (including phenoxy) is 1. The molecule has 5 rings (SSSR count). The minimum absolute atomic E-state index is 0.0930. The van der Waals surface area contributed by atoms with E-state index < -0.39 is 0 Å². The summed E-state index contributed by atoms with van der Waals surface area (Å²) in [6.07, 6.45) is 8.84. The number of nitrogens with zero attached hydrogens (tertiary/aromatic N) is 3. The van der Waals surface area contributed by atoms with Crippen LogP contribution in [-0.4, -0.2) is 32.3 Å². The normalized spacial score (nSPS) is 14.1. The number of carbonyl (C=O) groups excluding carboxylic acids is 2. The fourth-order valence-electron chi connectivity index (χ4n) is 4.57. The molecule has 1 N–H and O–H groups in total. The van der Waals surface area contributed by atoms with E-state index in [1.165, 1.54) is 0 Å². The number of ketones is 1. The summed E-state index contributed by atoms with van der Waals surface area (Å²) in [5.41, 5.74) is 2.39. The van der Waals surface area contributed by atoms with Gasteiger partial charge in [0.1, 0.15) is 17.5 Å². The Hall–Kier alpha value is -4.00. The minimum atomic E-state index is -0.325. The molecule has 1 aliphatic carbocycles. The third kappa shape index (κ3) is 4.67. The van der Waals surface area contributed by atoms with Crippen molar-refractivity contribution in [3.8, 4) is 5.75 Å². The van der Waals surface area contributed by atoms with Gasteiger partial charge < -0.3 is 14.6 Å². The van der Waals surface area contributed by atoms with E-state index in [-0.39, 0.29) is 23.7 Å². The summed E-state index contributed by atoms with van der Waals surface area (Å²) < 4.78 is 8.49. The molecule has 35 heavy (non-hydrogen) atoms. The van der Waals surface area contributed by atoms with Gasteiger partial charge in [0.25, 0.3) is 5.91 Å². The third-order valence-corrected chi connectivity index (χ3v) is 6.50. The van der Waals surface area contributed by atoms with Gasteiger partial charge in [-0.25, -0.2) is 4.98 Å². The number of hydrogen-bond acceptors (Lipinski definition) is 5. The highest BCUT2D eigenvalue weighted by atomic mass is 16.5. The molecule has 0 saturated heterocycles. The van der Waals surface area contributed by atoms with Crippen LogP contribution in [0.5, 0.6) is 5.75 Å². The van der Waals surface area contributed by atoms with Crippen LogP contribution >= 0.6 is 0 Å². The van der Waals surface area contributed by atoms with Gasteiger partial charge in [-0.1, -0.05) is 38.1 Å². The van der Waals surface area contributed by atoms with Gasteiger partial charge >= 0.3 is 0 Å². The first-order valence-corrected chi connectivity index (χ1v) is 12.0. The number of pyridine rings is 1. The molecule has 0 bridgehead atoms. The lowest BCUT2D eigenvalue weighted by molar-refractivity contribution is 0.0969. The number of aromatic nitrogens is 3. The molecule has 1 unspecified atom stereocenters. The molecule has 2 heterocycles. The molecule has 0 radical (unpaired) electrons. The molecule has 2 aromatic heterocycles. The van der Waals surface area contributed by atoms with Gasteiger partial charge in [0.05, 0.1) is 18.6 Å². The van der Waals surface area contributed by atoms with Crippen molar-refractivity contribution in [1.29, 1.82) is 0 Å². The van der Waals surface area contributed by atoms with Gasteiger partial charge in [0.2, 0.25) is 0 Å². The van der Waals surface area contributed by atoms with E-state index in [1.54, 1.807) is 24.8 Å². The van der Waals surface area contributed by atoms with Crippen LogP contribution in [0.15, 0.2) is 67.4 Å². The summed E-state index contributed by atoms with van der Waals surface area (Å²) in [6, 6.07) is 13.2. The van der Waals surface area contributed by atoms with Crippen LogP contribution in [-0.2, 0) is 13.0 Å². The predicted octanol–water partition coefficient (Wildman–Crippen LogP) is 5.31. The summed E-state index contributed by atoms with van der Waals surface area (Å²) in [4.78, 5) is 34.6. The smallest absolute Gasteiger partial charge is 0.275 e. The second-order valence-electron chi connectivity index (χ2n) is 9.24. The van der Waals surface area contributed by atoms with E-state index in [9.17, 15) is 9.59 Å². The SMILES string of the molecule is CC(C)C(Cn1ccnc1)Oc1ccc2c(c1NC(=O)c1nccc3ccccc13)CCCC2=O. The highest BCUT2D eigenvalue weighted by molar-refractivity contribution is 6.13. The Morgan fingerprint density at radius 3 is 2.77 bits per heavy atom. The molecular weight excluding hydrogens is 440 g/mol. The molecule has 2 aromatic carbocycles. The minimum Gasteiger partial charge on any atom is -0.486 e. The Bertz CT molecular complexity index is 1370. The first kappa shape index (κ1) is 22.8. The highest BCUT2D eigenvalue weighted by Gasteiger charge is 2.27. The summed E-state index contributed by atoms with van der Waals surface area (Å²) in [6.45, 7) is 4.82. The van der Waals surface area contributed by atoms with Crippen molar-refractivity contribution in [2.75, 3.05) is 5.32 Å². The van der Waals surface area contributed by atoms with E-state index in [1.807, 2.05) is 47.2 Å². The number of Topliss-reactive ketones (excluding diaryl/α,β-unsaturated/α-hetero) is 1. The van der Waals surface area contributed by atoms with Crippen LogP contribution in [0.3, 0.4) is 0 Å². The van der Waals surface area contributed by atoms with Gasteiger partial charge in [-0.3, -0.25) is 14.6 Å². The van der Waals surface area contributed by atoms with Crippen molar-refractivity contribution in [3.05, 3.63) is 84.2 Å². The maximum Gasteiger partial charge on any atom is 0.275 e. The lowest BCUT2D eigenvalue weighted by atomic mass is 9.89. The fourth-order valence-corrected chi connectivity index (χ4v) is 4.57. The van der Waals surface area contributed by atoms with Gasteiger partial charge in [-0.05, 0) is 47.9 Å². The number of nitrogens with one attached hydrogen (secondary N) is 1. The zero-order valence-electron chi connectivity index (χ0n) is 19.9. The molecule has 7 heteroatoms. The van der Waals surface area contributed by atoms with Crippen molar-refractivity contribution in [2.24, 2.45) is 5.92 Å². The van der Waals surface area contributed by atoms with Crippen molar-refractivity contribution in [1.82, 2.24) is 14.5 Å². The van der Waals surface area contributed by atoms with Crippen molar-refractivity contribution < 1.29 is 14.3 Å². The molecule has 1 atom stereocenters. The van der Waals surface area contributed by atoms with E-state index in [0.29, 0.717) is 42.1 Å². The number of carbonyl (C=O) groups is 2. The molecule has 1 aliphatic rings. The molecule has 1 amide bonds. The number of imidazole rings is 1. The second-order valence-corrected chi connectivity index (χ2v) is 9.24. The molecule has 0 spiro atoms. The van der Waals surface area contributed by atoms with Crippen molar-refractivity contribution in [2.45, 2.75) is 45.8 Å². The average molecular weight is 469 g/mol. The van der Waals surface area contributed by atoms with E-state index in [2.05, 4.69) is 29.1 Å². The van der Waals surface area contributed by atoms with Gasteiger partial charge in [0, 0.05) is 36.0 Å². The average Bonchev–Trinajstić information content (AvgIpc) is 3.38. The fraction of sp³-hybridized carbons (Fsp3) is 0.286. The summed E-state index contributed by atoms with van der Waals surface area (Å²) in [7, 11) is 0. The van der Waals surface area contributed by atoms with Crippen LogP contribution in [0.4, 0.5) is 5.69 Å². The second kappa shape index (κ2) is 9.70. The topological polar surface area (TPSA) is 86.1 Å². The predicted molar refractivity (Wildman–Crippen MR) is 135 cm³/mol. The summed E-state index contributed by atoms with van der Waals surface area (Å²) >= 11 is 0. The van der Waals surface area contributed by atoms with Crippen molar-refractivity contribution >= 4 is 28.2 Å². The highest BCUT2D eigenvalue weighted by Crippen LogP contribution is 2.37. The van der Waals surface area contributed by atoms with E-state index in [4.69, 9.17) is 4.74 Å². The molecule has 178 valence electrons. The number of amides is 1. The van der Waals surface area contributed by atoms with Gasteiger partial charge in [-0.15, -0.1) is 0 Å². The molecule has 0 fully saturated rings. The Balaban J connectivity index is 1.53. The Morgan fingerprint density at radius 1 is 1.11 bits per heavy atom. The summed E-state index contributed by atoms with van der Waals surface area (Å²) in [5.74, 6) is 0.536. The third-order valence-electron chi connectivity index (χ3n) is 6.50. The molecular formula is C28H28N4O3. The van der Waals surface area contributed by atoms with E-state index >= 15 is 0 Å². The number of anilines is 1. The molecule has 4 aromatic rings. The lowest BCUT2D eigenvalue weighted by Crippen LogP contribution is -2.29. The summed E-state index contributed by atoms with van der Waals surface area (Å²) in [5, 5.41) is 4.79. The van der Waals surface area contributed by atoms with Crippen LogP contribution < -0.4 is 10.1 Å². The largest absolute Gasteiger partial charge is 0.486 e. The standard InChI is InChI=1S/C28H28N4O3/c1-18(2)25(16-32-15-14-29-17-32)35-24-11-10-21-22(8-5-9-23(21)33)26(24)31-28(34)27-20-7-4-3-6-19(20)12-13-30-27/h3-4,6-7,10-15,17-18,25H,5,8-9,16H2,1-2H3,(H,31,34). The number of benzene rings is 2. The first-order valence-electron chi connectivity index (χ1n) is 12.0. The zero-order chi connectivity index (χ0) is 24.4. The molecule has 0 saturated carbocycles. The Morgan fingerprint density at radius 2 is 1.97 bits per heavy atom. The molecule has 7 nitrogen and oxygen atoms in total. The van der Waals surface area contributed by atoms with Gasteiger partial charge in [0.15, 0.2) is 5.78 Å². The zero-order valence-corrected chi connectivity index (χ0v) is 19.9. The Kier molecular flexibility index (Phi) is 6.31. The van der Waals surface area contributed by atoms with Crippen molar-refractivity contribution in [3.63, 3.8) is 0 Å². The van der Waals surface area contributed by atoms with E-state index in [0.717, 1.165) is 22.8 Å². The molecule has 0 aliphatic heterocycles. The maximum absolute atomic E-state index is 13.5. The first-order chi connectivity index (χ1) is 17.0. The number of hydrogen-bond donors (Lipinski definition) is 1. The number of rotatable bonds is 7. The van der Waals surface area contributed by atoms with Gasteiger partial charge in [-0.2, -0.15) is 0 Å². The van der Waals surface area contributed by atoms with Crippen LogP contribution in [0.1, 0.15) is 53.1 Å².